The minimum absolute atomic E-state index is 0.114. The molecule has 0 spiro atoms. The van der Waals surface area contributed by atoms with E-state index in [0.29, 0.717) is 5.56 Å². The van der Waals surface area contributed by atoms with Crippen molar-refractivity contribution in [3.63, 3.8) is 0 Å². The van der Waals surface area contributed by atoms with Crippen molar-refractivity contribution in [2.45, 2.75) is 18.9 Å². The van der Waals surface area contributed by atoms with E-state index in [2.05, 4.69) is 170 Å². The van der Waals surface area contributed by atoms with Crippen LogP contribution in [0.2, 0.25) is 0 Å². The van der Waals surface area contributed by atoms with Gasteiger partial charge in [0.15, 0.2) is 5.78 Å². The minimum Gasteiger partial charge on any atom is -0.310 e. The summed E-state index contributed by atoms with van der Waals surface area (Å²) in [7, 11) is 1.25. The van der Waals surface area contributed by atoms with Crippen molar-refractivity contribution in [2.75, 3.05) is 11.4 Å². The molecule has 0 bridgehead atoms. The molecule has 7 heteroatoms. The first-order valence-electron chi connectivity index (χ1n) is 16.8. The summed E-state index contributed by atoms with van der Waals surface area (Å²) in [5.41, 5.74) is 9.64. The topological polar surface area (TPSA) is 37.7 Å². The summed E-state index contributed by atoms with van der Waals surface area (Å²) in [4.78, 5) is 15.5. The van der Waals surface area contributed by atoms with Crippen molar-refractivity contribution in [3.05, 3.63) is 168 Å². The number of hydroxylamine groups is 2. The van der Waals surface area contributed by atoms with Gasteiger partial charge in [0.1, 0.15) is 0 Å². The van der Waals surface area contributed by atoms with Crippen LogP contribution >= 0.6 is 30.4 Å². The monoisotopic (exact) mass is 783 g/mol. The first kappa shape index (κ1) is 32.5. The normalized spacial score (nSPS) is 14.9. The fraction of sp³-hybridized carbons (Fsp3) is 0.0930. The molecule has 50 heavy (non-hydrogen) atoms. The van der Waals surface area contributed by atoms with E-state index in [1.807, 2.05) is 24.3 Å². The maximum absolute atomic E-state index is 13.1. The zero-order valence-corrected chi connectivity index (χ0v) is 30.2. The van der Waals surface area contributed by atoms with Crippen molar-refractivity contribution in [1.29, 1.82) is 0 Å². The molecule has 0 N–H and O–H groups in total. The van der Waals surface area contributed by atoms with Crippen molar-refractivity contribution in [2.24, 2.45) is 0 Å². The van der Waals surface area contributed by atoms with E-state index in [0.717, 1.165) is 53.3 Å². The van der Waals surface area contributed by atoms with E-state index in [9.17, 15) is 4.79 Å². The zero-order chi connectivity index (χ0) is 33.9. The van der Waals surface area contributed by atoms with Gasteiger partial charge >= 0.3 is 0 Å². The number of benzene rings is 6. The molecule has 6 aromatic carbocycles. The zero-order valence-electron chi connectivity index (χ0n) is 27.2. The molecule has 5 nitrogen and oxygen atoms in total. The van der Waals surface area contributed by atoms with Gasteiger partial charge in [0.2, 0.25) is 0 Å². The smallest absolute Gasteiger partial charge is 0.182 e. The van der Waals surface area contributed by atoms with Crippen LogP contribution in [0.4, 0.5) is 17.1 Å². The largest absolute Gasteiger partial charge is 0.310 e. The Balaban J connectivity index is 1.08. The number of hydrogen-bond acceptors (Lipinski definition) is 5. The number of hydrogen-bond donors (Lipinski definition) is 0. The number of anilines is 3. The lowest BCUT2D eigenvalue weighted by molar-refractivity contribution is -0.0377. The van der Waals surface area contributed by atoms with E-state index >= 15 is 0 Å². The second-order valence-electron chi connectivity index (χ2n) is 12.4. The van der Waals surface area contributed by atoms with E-state index in [1.165, 1.54) is 31.0 Å². The molecule has 8 rings (SSSR count). The molecule has 0 unspecified atom stereocenters. The lowest BCUT2D eigenvalue weighted by Crippen LogP contribution is -2.34. The quantitative estimate of drug-likeness (QED) is 0.0598. The molecular formula is C43H34IN3O2S. The van der Waals surface area contributed by atoms with E-state index < -0.39 is 0 Å². The number of Topliss-reactive ketones (excluding diaryl/α,β-unsaturated/α-hetero) is 1. The molecule has 1 saturated heterocycles. The van der Waals surface area contributed by atoms with E-state index in [4.69, 9.17) is 4.28 Å². The van der Waals surface area contributed by atoms with Gasteiger partial charge in [0.05, 0.1) is 26.3 Å². The second-order valence-corrected chi connectivity index (χ2v) is 13.8. The van der Waals surface area contributed by atoms with Gasteiger partial charge in [-0.05, 0) is 84.6 Å². The molecule has 246 valence electrons. The average molecular weight is 784 g/mol. The highest BCUT2D eigenvalue weighted by molar-refractivity contribution is 14.2. The van der Waals surface area contributed by atoms with Crippen LogP contribution in [0, 0.1) is 0 Å². The van der Waals surface area contributed by atoms with Gasteiger partial charge in [-0.15, -0.1) is 0 Å². The fourth-order valence-electron chi connectivity index (χ4n) is 6.98. The fourth-order valence-corrected chi connectivity index (χ4v) is 7.86. The van der Waals surface area contributed by atoms with Crippen LogP contribution in [-0.4, -0.2) is 28.0 Å². The van der Waals surface area contributed by atoms with Crippen LogP contribution in [0.25, 0.3) is 39.6 Å². The maximum Gasteiger partial charge on any atom is 0.182 e. The molecule has 0 saturated carbocycles. The summed E-state index contributed by atoms with van der Waals surface area (Å²) in [5.74, 6) is 0.114. The van der Waals surface area contributed by atoms with Crippen molar-refractivity contribution in [3.8, 4) is 5.69 Å². The van der Waals surface area contributed by atoms with Crippen molar-refractivity contribution < 1.29 is 9.08 Å². The summed E-state index contributed by atoms with van der Waals surface area (Å²) in [5, 5.41) is 4.24. The predicted molar refractivity (Wildman–Crippen MR) is 218 cm³/mol. The molecule has 2 heterocycles. The summed E-state index contributed by atoms with van der Waals surface area (Å²) in [6.07, 6.45) is 5.99. The Bertz CT molecular complexity index is 2290. The van der Waals surface area contributed by atoms with Crippen LogP contribution in [0.5, 0.6) is 0 Å². The van der Waals surface area contributed by atoms with Crippen molar-refractivity contribution in [1.82, 2.24) is 9.63 Å². The number of carbonyl (C=O) groups excluding carboxylic acids is 1. The number of rotatable bonds is 10. The lowest BCUT2D eigenvalue weighted by atomic mass is 10.0. The summed E-state index contributed by atoms with van der Waals surface area (Å²) < 4.78 is 7.94. The number of fused-ring (bicyclic) bond motifs is 3. The second kappa shape index (κ2) is 14.7. The first-order valence-corrected chi connectivity index (χ1v) is 20.0. The Morgan fingerprint density at radius 3 is 2.00 bits per heavy atom. The number of aromatic nitrogens is 1. The predicted octanol–water partition coefficient (Wildman–Crippen LogP) is 12.0. The first-order chi connectivity index (χ1) is 24.7. The molecule has 0 amide bonds. The van der Waals surface area contributed by atoms with Gasteiger partial charge in [0, 0.05) is 66.8 Å². The Morgan fingerprint density at radius 2 is 1.28 bits per heavy atom. The van der Waals surface area contributed by atoms with Gasteiger partial charge in [-0.3, -0.25) is 4.79 Å². The molecule has 7 aromatic rings. The lowest BCUT2D eigenvalue weighted by Gasteiger charge is -2.25. The average Bonchev–Trinajstić information content (AvgIpc) is 3.78. The maximum atomic E-state index is 13.1. The number of nitrogens with zero attached hydrogens (tertiary/aromatic N) is 3. The van der Waals surface area contributed by atoms with Gasteiger partial charge in [0.25, 0.3) is 0 Å². The van der Waals surface area contributed by atoms with Crippen molar-refractivity contribution >= 4 is 87.2 Å². The van der Waals surface area contributed by atoms with Crippen LogP contribution in [-0.2, 0) is 4.28 Å². The Morgan fingerprint density at radius 1 is 0.680 bits per heavy atom. The molecule has 1 aliphatic heterocycles. The highest BCUT2D eigenvalue weighted by atomic mass is 127. The number of carbonyl (C=O) groups is 1. The van der Waals surface area contributed by atoms with Crippen LogP contribution < -0.4 is 4.90 Å². The number of halogens is 1. The number of ketones is 1. The Kier molecular flexibility index (Phi) is 9.54. The van der Waals surface area contributed by atoms with Crippen LogP contribution in [0.1, 0.15) is 34.3 Å². The molecule has 1 aliphatic rings. The SMILES string of the molecule is O=C(c1ccc(/C=C/c2ccc(N(c3ccccc3)c3ccc4c(c3)c3ccccc3n4-c3ccccc3)cc2)cc1)[C@@H]1CCCN1OSI. The summed E-state index contributed by atoms with van der Waals surface area (Å²) >= 11 is 2.09. The molecular weight excluding hydrogens is 749 g/mol. The third-order valence-electron chi connectivity index (χ3n) is 9.39. The van der Waals surface area contributed by atoms with Gasteiger partial charge in [-0.2, -0.15) is 5.06 Å². The van der Waals surface area contributed by atoms with E-state index in [-0.39, 0.29) is 11.8 Å². The van der Waals surface area contributed by atoms with E-state index in [1.54, 1.807) is 5.06 Å². The molecule has 1 aromatic heterocycles. The standard InChI is InChI=1S/C43H34IN3O2S/c44-50-49-45-29-9-16-42(45)43(48)33-23-19-31(20-24-33)17-18-32-21-25-36(26-22-32)46(34-10-3-1-4-11-34)37-27-28-41-39(30-37)38-14-7-8-15-40(38)47(41)35-12-5-2-6-13-35/h1-8,10-15,17-28,30,42H,9,16,29H2/b18-17+/t42-/m0/s1. The van der Waals surface area contributed by atoms with Gasteiger partial charge in [-0.25, -0.2) is 4.28 Å². The van der Waals surface area contributed by atoms with Crippen LogP contribution in [0.15, 0.2) is 152 Å². The summed E-state index contributed by atoms with van der Waals surface area (Å²) in [6, 6.07) is 52.8. The highest BCUT2D eigenvalue weighted by Crippen LogP contribution is 2.39. The third kappa shape index (κ3) is 6.50. The Hall–Kier alpha value is -4.67. The molecule has 0 radical (unpaired) electrons. The van der Waals surface area contributed by atoms with Gasteiger partial charge in [-0.1, -0.05) is 103 Å². The minimum atomic E-state index is -0.218. The Labute approximate surface area is 308 Å². The summed E-state index contributed by atoms with van der Waals surface area (Å²) in [6.45, 7) is 0.782. The third-order valence-corrected chi connectivity index (χ3v) is 10.1. The highest BCUT2D eigenvalue weighted by Gasteiger charge is 2.32. The molecule has 1 atom stereocenters. The molecule has 0 aliphatic carbocycles. The molecule has 1 fully saturated rings. The number of para-hydroxylation sites is 3. The van der Waals surface area contributed by atoms with Gasteiger partial charge < -0.3 is 9.47 Å². The van der Waals surface area contributed by atoms with Crippen LogP contribution in [0.3, 0.4) is 0 Å².